The van der Waals surface area contributed by atoms with Crippen LogP contribution in [-0.4, -0.2) is 43.6 Å². The predicted molar refractivity (Wildman–Crippen MR) is 157 cm³/mol. The van der Waals surface area contributed by atoms with E-state index >= 15 is 0 Å². The van der Waals surface area contributed by atoms with Gasteiger partial charge in [0.15, 0.2) is 0 Å². The Morgan fingerprint density at radius 2 is 1.30 bits per heavy atom. The van der Waals surface area contributed by atoms with Gasteiger partial charge in [-0.25, -0.2) is 8.42 Å². The molecule has 3 aromatic carbocycles. The van der Waals surface area contributed by atoms with Gasteiger partial charge in [0.2, 0.25) is 0 Å². The Hall–Kier alpha value is -1.74. The zero-order chi connectivity index (χ0) is 27.7. The van der Waals surface area contributed by atoms with Gasteiger partial charge >= 0.3 is 20.4 Å². The Labute approximate surface area is 240 Å². The summed E-state index contributed by atoms with van der Waals surface area (Å²) in [6, 6.07) is 27.5. The van der Waals surface area contributed by atoms with E-state index in [4.69, 9.17) is 18.7 Å². The van der Waals surface area contributed by atoms with E-state index in [9.17, 15) is 0 Å². The van der Waals surface area contributed by atoms with Crippen LogP contribution in [0.3, 0.4) is 0 Å². The van der Waals surface area contributed by atoms with Gasteiger partial charge in [-0.15, -0.1) is 5.69 Å². The number of nitrogens with one attached hydrogen (secondary N) is 1. The molecular weight excluding hydrogens is 594 g/mol. The van der Waals surface area contributed by atoms with Crippen molar-refractivity contribution in [2.24, 2.45) is 0 Å². The molecule has 3 aromatic rings. The van der Waals surface area contributed by atoms with Crippen LogP contribution in [0.25, 0.3) is 16.9 Å². The Bertz CT molecular complexity index is 1150. The first-order valence-electron chi connectivity index (χ1n) is 11.7. The van der Waals surface area contributed by atoms with Crippen LogP contribution >= 0.6 is 7.92 Å². The summed E-state index contributed by atoms with van der Waals surface area (Å²) in [5.74, 6) is 0. The number of hydrogen-bond acceptors (Lipinski definition) is 4. The van der Waals surface area contributed by atoms with Gasteiger partial charge in [-0.3, -0.25) is 0 Å². The SMILES string of the molecule is CN(C)c1ccc(P(C(C)(C)C)C(C)(C)C)cc1.CS(=O)(=O)[O-].[NH-]c1ccccc1-c1[c]cccc1.[Pd+2]. The second kappa shape index (κ2) is 15.0. The fourth-order valence-electron chi connectivity index (χ4n) is 3.96. The van der Waals surface area contributed by atoms with Crippen LogP contribution in [0.4, 0.5) is 11.4 Å². The quantitative estimate of drug-likeness (QED) is 0.170. The van der Waals surface area contributed by atoms with Crippen molar-refractivity contribution in [2.75, 3.05) is 25.3 Å². The molecule has 3 rings (SSSR count). The summed E-state index contributed by atoms with van der Waals surface area (Å²) in [7, 11) is 0.0726. The molecule has 205 valence electrons. The van der Waals surface area contributed by atoms with E-state index in [-0.39, 0.29) is 28.3 Å². The summed E-state index contributed by atoms with van der Waals surface area (Å²) >= 11 is 0. The third-order valence-corrected chi connectivity index (χ3v) is 8.39. The molecule has 1 radical (unpaired) electrons. The first kappa shape index (κ1) is 35.3. The van der Waals surface area contributed by atoms with Crippen molar-refractivity contribution in [3.05, 3.63) is 84.6 Å². The monoisotopic (exact) mass is 633 g/mol. The molecule has 0 atom stereocenters. The van der Waals surface area contributed by atoms with E-state index in [0.29, 0.717) is 22.3 Å². The van der Waals surface area contributed by atoms with Crippen molar-refractivity contribution in [2.45, 2.75) is 51.9 Å². The Morgan fingerprint density at radius 1 is 0.838 bits per heavy atom. The molecule has 1 N–H and O–H groups in total. The molecule has 0 amide bonds. The molecular formula is C29H40N2O3PPdS. The van der Waals surface area contributed by atoms with Gasteiger partial charge in [-0.05, 0) is 44.9 Å². The Kier molecular flexibility index (Phi) is 14.3. The van der Waals surface area contributed by atoms with E-state index in [1.165, 1.54) is 11.0 Å². The van der Waals surface area contributed by atoms with Crippen LogP contribution in [0.1, 0.15) is 41.5 Å². The number of hydrogen-bond donors (Lipinski definition) is 0. The van der Waals surface area contributed by atoms with Crippen LogP contribution in [-0.2, 0) is 30.5 Å². The van der Waals surface area contributed by atoms with Crippen molar-refractivity contribution in [1.29, 1.82) is 0 Å². The average Bonchev–Trinajstić information content (AvgIpc) is 2.72. The van der Waals surface area contributed by atoms with E-state index in [2.05, 4.69) is 90.9 Å². The minimum Gasteiger partial charge on any atom is -0.748 e. The van der Waals surface area contributed by atoms with Crippen molar-refractivity contribution >= 4 is 34.7 Å². The molecule has 0 heterocycles. The van der Waals surface area contributed by atoms with Gasteiger partial charge in [-0.2, -0.15) is 0 Å². The molecule has 5 nitrogen and oxygen atoms in total. The molecule has 0 aliphatic carbocycles. The molecule has 0 aliphatic heterocycles. The normalized spacial score (nSPS) is 11.3. The molecule has 0 spiro atoms. The van der Waals surface area contributed by atoms with Crippen LogP contribution in [0.2, 0.25) is 0 Å². The molecule has 37 heavy (non-hydrogen) atoms. The van der Waals surface area contributed by atoms with E-state index in [1.54, 1.807) is 6.07 Å². The minimum absolute atomic E-state index is 0. The summed E-state index contributed by atoms with van der Waals surface area (Å²) in [6.07, 6.45) is 0.604. The molecule has 0 aromatic heterocycles. The van der Waals surface area contributed by atoms with Crippen LogP contribution < -0.4 is 10.2 Å². The van der Waals surface area contributed by atoms with Gasteiger partial charge in [-0.1, -0.05) is 110 Å². The second-order valence-corrected chi connectivity index (χ2v) is 15.9. The summed E-state index contributed by atoms with van der Waals surface area (Å²) in [4.78, 5) is 2.15. The van der Waals surface area contributed by atoms with Gasteiger partial charge in [0.25, 0.3) is 0 Å². The maximum absolute atomic E-state index is 9.08. The number of benzene rings is 3. The maximum atomic E-state index is 9.08. The van der Waals surface area contributed by atoms with E-state index in [0.717, 1.165) is 11.1 Å². The topological polar surface area (TPSA) is 84.2 Å². The van der Waals surface area contributed by atoms with Crippen molar-refractivity contribution in [3.8, 4) is 11.1 Å². The minimum atomic E-state index is -3.92. The van der Waals surface area contributed by atoms with Gasteiger partial charge in [0, 0.05) is 26.0 Å². The van der Waals surface area contributed by atoms with E-state index in [1.807, 2.05) is 42.5 Å². The van der Waals surface area contributed by atoms with Crippen molar-refractivity contribution in [3.63, 3.8) is 0 Å². The molecule has 0 aliphatic rings. The van der Waals surface area contributed by atoms with Crippen molar-refractivity contribution in [1.82, 2.24) is 0 Å². The van der Waals surface area contributed by atoms with Crippen LogP contribution in [0.15, 0.2) is 72.8 Å². The number of nitrogens with zero attached hydrogens (tertiary/aromatic N) is 1. The predicted octanol–water partition coefficient (Wildman–Crippen LogP) is 7.45. The smallest absolute Gasteiger partial charge is 0.748 e. The molecule has 0 unspecified atom stereocenters. The second-order valence-electron chi connectivity index (χ2n) is 10.6. The van der Waals surface area contributed by atoms with Crippen molar-refractivity contribution < 1.29 is 33.4 Å². The summed E-state index contributed by atoms with van der Waals surface area (Å²) in [5, 5.41) is 2.19. The molecule has 0 saturated carbocycles. The standard InChI is InChI=1S/C16H28NP.C12H9N.CH4O3S.Pd/c1-15(2,3)18(16(4,5)6)14-11-9-13(10-12-14)17(7)8;13-12-9-5-4-8-11(12)10-6-2-1-3-7-10;1-5(2,3)4;/h9-12H,1-8H3;1-6,8-9,13H;1H3,(H,2,3,4);/q;-1;;+2/p-1. The third kappa shape index (κ3) is 13.6. The zero-order valence-corrected chi connectivity index (χ0v) is 26.5. The molecule has 8 heteroatoms. The summed E-state index contributed by atoms with van der Waals surface area (Å²) in [6.45, 7) is 14.2. The Morgan fingerprint density at radius 3 is 1.68 bits per heavy atom. The van der Waals surface area contributed by atoms with E-state index < -0.39 is 10.1 Å². The number of anilines is 1. The first-order valence-corrected chi connectivity index (χ1v) is 14.8. The maximum Gasteiger partial charge on any atom is 2.00 e. The summed E-state index contributed by atoms with van der Waals surface area (Å²) in [5.41, 5.74) is 11.4. The van der Waals surface area contributed by atoms with Gasteiger partial charge in [0.1, 0.15) is 0 Å². The summed E-state index contributed by atoms with van der Waals surface area (Å²) < 4.78 is 27.2. The molecule has 0 saturated heterocycles. The number of rotatable bonds is 3. The molecule has 0 fully saturated rings. The van der Waals surface area contributed by atoms with Crippen LogP contribution in [0, 0.1) is 6.07 Å². The largest absolute Gasteiger partial charge is 2.00 e. The van der Waals surface area contributed by atoms with Crippen LogP contribution in [0.5, 0.6) is 0 Å². The Balaban J connectivity index is 0.000000596. The fourth-order valence-corrected chi connectivity index (χ4v) is 7.97. The first-order chi connectivity index (χ1) is 16.4. The average molecular weight is 634 g/mol. The van der Waals surface area contributed by atoms with Gasteiger partial charge < -0.3 is 15.2 Å². The van der Waals surface area contributed by atoms with Gasteiger partial charge in [0.05, 0.1) is 10.1 Å². The fraction of sp³-hybridized carbons (Fsp3) is 0.379. The zero-order valence-electron chi connectivity index (χ0n) is 23.3. The third-order valence-electron chi connectivity index (χ3n) is 4.89. The molecule has 0 bridgehead atoms.